The molecule has 1 aromatic heterocycles. The Hall–Kier alpha value is -1.03. The van der Waals surface area contributed by atoms with E-state index >= 15 is 0 Å². The lowest BCUT2D eigenvalue weighted by atomic mass is 10.1. The van der Waals surface area contributed by atoms with Gasteiger partial charge in [0, 0.05) is 19.1 Å². The predicted molar refractivity (Wildman–Crippen MR) is 79.6 cm³/mol. The lowest BCUT2D eigenvalue weighted by Gasteiger charge is -2.13. The number of unbranched alkanes of at least 4 members (excludes halogenated alkanes) is 2. The van der Waals surface area contributed by atoms with Gasteiger partial charge in [0.25, 0.3) is 0 Å². The molecule has 0 saturated heterocycles. The average molecular weight is 267 g/mol. The quantitative estimate of drug-likeness (QED) is 0.626. The van der Waals surface area contributed by atoms with E-state index < -0.39 is 0 Å². The van der Waals surface area contributed by atoms with Crippen LogP contribution in [0.5, 0.6) is 5.75 Å². The van der Waals surface area contributed by atoms with E-state index in [1.54, 1.807) is 6.20 Å². The molecule has 1 unspecified atom stereocenters. The van der Waals surface area contributed by atoms with Crippen molar-refractivity contribution in [3.63, 3.8) is 0 Å². The van der Waals surface area contributed by atoms with Crippen molar-refractivity contribution in [3.05, 3.63) is 12.4 Å². The van der Waals surface area contributed by atoms with E-state index in [-0.39, 0.29) is 0 Å². The fraction of sp³-hybridized carbons (Fsp3) is 0.800. The third kappa shape index (κ3) is 7.21. The van der Waals surface area contributed by atoms with Gasteiger partial charge in [-0.25, -0.2) is 0 Å². The van der Waals surface area contributed by atoms with Gasteiger partial charge in [-0.1, -0.05) is 33.1 Å². The Morgan fingerprint density at radius 1 is 1.32 bits per heavy atom. The Kier molecular flexibility index (Phi) is 8.30. The lowest BCUT2D eigenvalue weighted by molar-refractivity contribution is 0.304. The Morgan fingerprint density at radius 3 is 2.89 bits per heavy atom. The van der Waals surface area contributed by atoms with Crippen LogP contribution in [0.15, 0.2) is 12.4 Å². The van der Waals surface area contributed by atoms with Crippen LogP contribution >= 0.6 is 0 Å². The van der Waals surface area contributed by atoms with E-state index in [9.17, 15) is 0 Å². The summed E-state index contributed by atoms with van der Waals surface area (Å²) in [6.07, 6.45) is 10.0. The summed E-state index contributed by atoms with van der Waals surface area (Å²) in [5.41, 5.74) is 0. The molecule has 0 aromatic carbocycles. The normalized spacial score (nSPS) is 12.6. The van der Waals surface area contributed by atoms with Crippen molar-refractivity contribution in [1.82, 2.24) is 15.1 Å². The van der Waals surface area contributed by atoms with Crippen molar-refractivity contribution in [3.8, 4) is 5.75 Å². The van der Waals surface area contributed by atoms with Crippen LogP contribution in [0.25, 0.3) is 0 Å². The molecule has 1 N–H and O–H groups in total. The van der Waals surface area contributed by atoms with Crippen molar-refractivity contribution >= 4 is 0 Å². The van der Waals surface area contributed by atoms with Gasteiger partial charge in [-0.15, -0.1) is 0 Å². The largest absolute Gasteiger partial charge is 0.489 e. The molecule has 0 bridgehead atoms. The number of nitrogens with zero attached hydrogens (tertiary/aromatic N) is 2. The molecule has 1 atom stereocenters. The third-order valence-electron chi connectivity index (χ3n) is 3.17. The van der Waals surface area contributed by atoms with Crippen molar-refractivity contribution in [2.45, 2.75) is 65.5 Å². The summed E-state index contributed by atoms with van der Waals surface area (Å²) in [6, 6.07) is 0.581. The van der Waals surface area contributed by atoms with E-state index in [0.29, 0.717) is 12.6 Å². The zero-order valence-electron chi connectivity index (χ0n) is 12.7. The molecule has 1 aromatic rings. The molecule has 0 amide bonds. The first-order valence-electron chi connectivity index (χ1n) is 7.64. The van der Waals surface area contributed by atoms with Crippen LogP contribution in [0.4, 0.5) is 0 Å². The number of rotatable bonds is 11. The van der Waals surface area contributed by atoms with Crippen LogP contribution in [0.2, 0.25) is 0 Å². The van der Waals surface area contributed by atoms with Crippen molar-refractivity contribution < 1.29 is 4.74 Å². The highest BCUT2D eigenvalue weighted by molar-refractivity contribution is 5.11. The monoisotopic (exact) mass is 267 g/mol. The zero-order valence-corrected chi connectivity index (χ0v) is 12.7. The van der Waals surface area contributed by atoms with Gasteiger partial charge in [0.15, 0.2) is 5.75 Å². The summed E-state index contributed by atoms with van der Waals surface area (Å²) in [5.74, 6) is 0.869. The molecule has 0 aliphatic carbocycles. The number of hydrogen-bond donors (Lipinski definition) is 1. The van der Waals surface area contributed by atoms with Crippen LogP contribution in [0.3, 0.4) is 0 Å². The van der Waals surface area contributed by atoms with Crippen molar-refractivity contribution in [2.75, 3.05) is 13.2 Å². The van der Waals surface area contributed by atoms with Gasteiger partial charge in [0.1, 0.15) is 6.61 Å². The molecule has 110 valence electrons. The molecule has 0 saturated carbocycles. The second-order valence-electron chi connectivity index (χ2n) is 5.14. The Balaban J connectivity index is 2.06. The minimum Gasteiger partial charge on any atom is -0.489 e. The summed E-state index contributed by atoms with van der Waals surface area (Å²) in [5, 5.41) is 7.73. The molecule has 4 heteroatoms. The zero-order chi connectivity index (χ0) is 13.9. The van der Waals surface area contributed by atoms with Crippen LogP contribution in [0.1, 0.15) is 52.9 Å². The van der Waals surface area contributed by atoms with Gasteiger partial charge in [-0.05, 0) is 19.8 Å². The molecular formula is C15H29N3O. The number of hydrogen-bond acceptors (Lipinski definition) is 3. The molecule has 0 radical (unpaired) electrons. The van der Waals surface area contributed by atoms with Gasteiger partial charge >= 0.3 is 0 Å². The summed E-state index contributed by atoms with van der Waals surface area (Å²) in [7, 11) is 0. The molecule has 0 spiro atoms. The molecule has 19 heavy (non-hydrogen) atoms. The van der Waals surface area contributed by atoms with Crippen molar-refractivity contribution in [1.29, 1.82) is 0 Å². The van der Waals surface area contributed by atoms with Gasteiger partial charge < -0.3 is 10.1 Å². The molecule has 0 aliphatic heterocycles. The summed E-state index contributed by atoms with van der Waals surface area (Å²) in [4.78, 5) is 0. The maximum absolute atomic E-state index is 5.66. The highest BCUT2D eigenvalue weighted by Crippen LogP contribution is 2.08. The molecule has 0 fully saturated rings. The number of aromatic nitrogens is 2. The Bertz CT molecular complexity index is 325. The van der Waals surface area contributed by atoms with E-state index in [1.807, 2.05) is 10.9 Å². The first kappa shape index (κ1) is 16.0. The van der Waals surface area contributed by atoms with E-state index in [2.05, 4.69) is 31.2 Å². The predicted octanol–water partition coefficient (Wildman–Crippen LogP) is 3.23. The van der Waals surface area contributed by atoms with Crippen LogP contribution in [-0.4, -0.2) is 29.0 Å². The van der Waals surface area contributed by atoms with Gasteiger partial charge in [0.05, 0.1) is 12.4 Å². The summed E-state index contributed by atoms with van der Waals surface area (Å²) < 4.78 is 7.59. The molecule has 0 aliphatic rings. The highest BCUT2D eigenvalue weighted by atomic mass is 16.5. The SMILES string of the molecule is CCCCCC(C)NCCOc1cnn(CCC)c1. The standard InChI is InChI=1S/C15H29N3O/c1-4-6-7-8-14(3)16-9-11-19-15-12-17-18(13-15)10-5-2/h12-14,16H,4-11H2,1-3H3. The Labute approximate surface area is 117 Å². The van der Waals surface area contributed by atoms with E-state index in [0.717, 1.165) is 25.3 Å². The van der Waals surface area contributed by atoms with E-state index in [4.69, 9.17) is 4.74 Å². The number of nitrogens with one attached hydrogen (secondary N) is 1. The maximum atomic E-state index is 5.66. The fourth-order valence-electron chi connectivity index (χ4n) is 2.05. The maximum Gasteiger partial charge on any atom is 0.157 e. The molecular weight excluding hydrogens is 238 g/mol. The highest BCUT2D eigenvalue weighted by Gasteiger charge is 2.01. The number of ether oxygens (including phenoxy) is 1. The van der Waals surface area contributed by atoms with Gasteiger partial charge in [0.2, 0.25) is 0 Å². The second kappa shape index (κ2) is 9.84. The summed E-state index contributed by atoms with van der Waals surface area (Å²) in [6.45, 7) is 9.18. The first-order chi connectivity index (χ1) is 9.26. The van der Waals surface area contributed by atoms with Crippen LogP contribution in [0, 0.1) is 0 Å². The third-order valence-corrected chi connectivity index (χ3v) is 3.17. The van der Waals surface area contributed by atoms with Gasteiger partial charge in [-0.3, -0.25) is 4.68 Å². The Morgan fingerprint density at radius 2 is 2.16 bits per heavy atom. The van der Waals surface area contributed by atoms with Gasteiger partial charge in [-0.2, -0.15) is 5.10 Å². The molecule has 1 heterocycles. The van der Waals surface area contributed by atoms with Crippen LogP contribution in [-0.2, 0) is 6.54 Å². The topological polar surface area (TPSA) is 39.1 Å². The van der Waals surface area contributed by atoms with E-state index in [1.165, 1.54) is 25.7 Å². The lowest BCUT2D eigenvalue weighted by Crippen LogP contribution is -2.30. The average Bonchev–Trinajstić information content (AvgIpc) is 2.83. The molecule has 1 rings (SSSR count). The molecule has 4 nitrogen and oxygen atoms in total. The first-order valence-corrected chi connectivity index (χ1v) is 7.64. The minimum atomic E-state index is 0.581. The summed E-state index contributed by atoms with van der Waals surface area (Å²) >= 11 is 0. The van der Waals surface area contributed by atoms with Crippen molar-refractivity contribution in [2.24, 2.45) is 0 Å². The smallest absolute Gasteiger partial charge is 0.157 e. The minimum absolute atomic E-state index is 0.581. The second-order valence-corrected chi connectivity index (χ2v) is 5.14. The fourth-order valence-corrected chi connectivity index (χ4v) is 2.05. The van der Waals surface area contributed by atoms with Crippen LogP contribution < -0.4 is 10.1 Å². The number of aryl methyl sites for hydroxylation is 1.